The lowest BCUT2D eigenvalue weighted by Gasteiger charge is -2.36. The Kier molecular flexibility index (Phi) is 3.79. The van der Waals surface area contributed by atoms with Crippen LogP contribution >= 0.6 is 0 Å². The topological polar surface area (TPSA) is 21.3 Å². The van der Waals surface area contributed by atoms with Crippen molar-refractivity contribution in [3.05, 3.63) is 35.6 Å². The zero-order valence-corrected chi connectivity index (χ0v) is 10.5. The second-order valence-corrected chi connectivity index (χ2v) is 5.31. The molecule has 1 fully saturated rings. The standard InChI is InChI=1S/C14H20FNO/c1-14(2)9-13(7-8-17-14)16-10-11-3-5-12(15)6-4-11/h3-6,13,16H,7-10H2,1-2H3/t13-/m0/s1. The summed E-state index contributed by atoms with van der Waals surface area (Å²) < 4.78 is 18.4. The average Bonchev–Trinajstić information content (AvgIpc) is 2.27. The van der Waals surface area contributed by atoms with Gasteiger partial charge in [-0.05, 0) is 44.4 Å². The quantitative estimate of drug-likeness (QED) is 0.872. The van der Waals surface area contributed by atoms with Crippen molar-refractivity contribution in [2.45, 2.75) is 44.9 Å². The molecule has 0 saturated carbocycles. The van der Waals surface area contributed by atoms with Gasteiger partial charge in [-0.3, -0.25) is 0 Å². The summed E-state index contributed by atoms with van der Waals surface area (Å²) in [7, 11) is 0. The van der Waals surface area contributed by atoms with Gasteiger partial charge in [0.25, 0.3) is 0 Å². The summed E-state index contributed by atoms with van der Waals surface area (Å²) in [6, 6.07) is 7.15. The van der Waals surface area contributed by atoms with Crippen LogP contribution in [-0.4, -0.2) is 18.2 Å². The van der Waals surface area contributed by atoms with Gasteiger partial charge < -0.3 is 10.1 Å². The van der Waals surface area contributed by atoms with Gasteiger partial charge in [-0.25, -0.2) is 4.39 Å². The van der Waals surface area contributed by atoms with Crippen molar-refractivity contribution in [3.8, 4) is 0 Å². The molecule has 1 atom stereocenters. The van der Waals surface area contributed by atoms with E-state index in [2.05, 4.69) is 19.2 Å². The molecule has 1 heterocycles. The van der Waals surface area contributed by atoms with E-state index in [1.54, 1.807) is 0 Å². The predicted octanol–water partition coefficient (Wildman–Crippen LogP) is 2.87. The summed E-state index contributed by atoms with van der Waals surface area (Å²) in [5, 5.41) is 3.51. The number of nitrogens with one attached hydrogen (secondary N) is 1. The minimum absolute atomic E-state index is 0.0291. The Morgan fingerprint density at radius 1 is 1.35 bits per heavy atom. The van der Waals surface area contributed by atoms with Gasteiger partial charge in [0.05, 0.1) is 5.60 Å². The lowest BCUT2D eigenvalue weighted by atomic mass is 9.94. The van der Waals surface area contributed by atoms with Crippen molar-refractivity contribution in [2.75, 3.05) is 6.61 Å². The molecule has 1 aliphatic heterocycles. The average molecular weight is 237 g/mol. The molecular formula is C14H20FNO. The van der Waals surface area contributed by atoms with E-state index in [4.69, 9.17) is 4.74 Å². The summed E-state index contributed by atoms with van der Waals surface area (Å²) in [5.74, 6) is -0.180. The van der Waals surface area contributed by atoms with Gasteiger partial charge in [0, 0.05) is 19.2 Å². The highest BCUT2D eigenvalue weighted by Crippen LogP contribution is 2.24. The Hall–Kier alpha value is -0.930. The largest absolute Gasteiger partial charge is 0.375 e. The zero-order chi connectivity index (χ0) is 12.3. The van der Waals surface area contributed by atoms with Crippen LogP contribution < -0.4 is 5.32 Å². The molecule has 1 saturated heterocycles. The Balaban J connectivity index is 1.84. The van der Waals surface area contributed by atoms with Crippen LogP contribution in [0.25, 0.3) is 0 Å². The Morgan fingerprint density at radius 3 is 2.71 bits per heavy atom. The Morgan fingerprint density at radius 2 is 2.06 bits per heavy atom. The molecule has 1 aromatic rings. The normalized spacial score (nSPS) is 23.6. The van der Waals surface area contributed by atoms with Crippen molar-refractivity contribution < 1.29 is 9.13 Å². The van der Waals surface area contributed by atoms with Gasteiger partial charge in [0.2, 0.25) is 0 Å². The first-order chi connectivity index (χ1) is 8.05. The number of ether oxygens (including phenoxy) is 1. The van der Waals surface area contributed by atoms with Crippen LogP contribution in [0.5, 0.6) is 0 Å². The van der Waals surface area contributed by atoms with Crippen LogP contribution in [0, 0.1) is 5.82 Å². The summed E-state index contributed by atoms with van der Waals surface area (Å²) >= 11 is 0. The molecule has 0 radical (unpaired) electrons. The zero-order valence-electron chi connectivity index (χ0n) is 10.5. The van der Waals surface area contributed by atoms with Crippen LogP contribution in [0.2, 0.25) is 0 Å². The van der Waals surface area contributed by atoms with Crippen LogP contribution in [0.4, 0.5) is 4.39 Å². The molecule has 2 rings (SSSR count). The van der Waals surface area contributed by atoms with Crippen molar-refractivity contribution >= 4 is 0 Å². The number of hydrogen-bond acceptors (Lipinski definition) is 2. The highest BCUT2D eigenvalue weighted by molar-refractivity contribution is 5.15. The van der Waals surface area contributed by atoms with Crippen molar-refractivity contribution in [1.29, 1.82) is 0 Å². The Bertz CT molecular complexity index is 361. The first-order valence-corrected chi connectivity index (χ1v) is 6.17. The van der Waals surface area contributed by atoms with Crippen molar-refractivity contribution in [1.82, 2.24) is 5.32 Å². The van der Waals surface area contributed by atoms with E-state index in [0.29, 0.717) is 6.04 Å². The number of hydrogen-bond donors (Lipinski definition) is 1. The molecule has 0 bridgehead atoms. The number of rotatable bonds is 3. The summed E-state index contributed by atoms with van der Waals surface area (Å²) in [4.78, 5) is 0. The van der Waals surface area contributed by atoms with Gasteiger partial charge in [-0.2, -0.15) is 0 Å². The first kappa shape index (κ1) is 12.5. The van der Waals surface area contributed by atoms with E-state index in [9.17, 15) is 4.39 Å². The third-order valence-corrected chi connectivity index (χ3v) is 3.21. The molecule has 0 aromatic heterocycles. The lowest BCUT2D eigenvalue weighted by molar-refractivity contribution is -0.0630. The smallest absolute Gasteiger partial charge is 0.123 e. The molecule has 17 heavy (non-hydrogen) atoms. The molecule has 94 valence electrons. The van der Waals surface area contributed by atoms with Crippen LogP contribution in [0.15, 0.2) is 24.3 Å². The first-order valence-electron chi connectivity index (χ1n) is 6.17. The molecular weight excluding hydrogens is 217 g/mol. The monoisotopic (exact) mass is 237 g/mol. The number of halogens is 1. The van der Waals surface area contributed by atoms with Crippen LogP contribution in [-0.2, 0) is 11.3 Å². The second kappa shape index (κ2) is 5.15. The molecule has 2 nitrogen and oxygen atoms in total. The predicted molar refractivity (Wildman–Crippen MR) is 66.3 cm³/mol. The van der Waals surface area contributed by atoms with E-state index in [-0.39, 0.29) is 11.4 Å². The number of benzene rings is 1. The fraction of sp³-hybridized carbons (Fsp3) is 0.571. The van der Waals surface area contributed by atoms with E-state index in [1.807, 2.05) is 12.1 Å². The summed E-state index contributed by atoms with van der Waals surface area (Å²) in [5.41, 5.74) is 1.09. The minimum Gasteiger partial charge on any atom is -0.375 e. The SMILES string of the molecule is CC1(C)C[C@@H](NCc2ccc(F)cc2)CCO1. The Labute approximate surface area is 102 Å². The van der Waals surface area contributed by atoms with Crippen LogP contribution in [0.1, 0.15) is 32.3 Å². The molecule has 0 aliphatic carbocycles. The summed E-state index contributed by atoms with van der Waals surface area (Å²) in [6.07, 6.45) is 2.07. The van der Waals surface area contributed by atoms with Gasteiger partial charge in [-0.1, -0.05) is 12.1 Å². The highest BCUT2D eigenvalue weighted by atomic mass is 19.1. The molecule has 1 N–H and O–H groups in total. The molecule has 1 aromatic carbocycles. The van der Waals surface area contributed by atoms with Gasteiger partial charge >= 0.3 is 0 Å². The molecule has 0 unspecified atom stereocenters. The van der Waals surface area contributed by atoms with Gasteiger partial charge in [0.1, 0.15) is 5.82 Å². The van der Waals surface area contributed by atoms with E-state index >= 15 is 0 Å². The van der Waals surface area contributed by atoms with Crippen molar-refractivity contribution in [3.63, 3.8) is 0 Å². The minimum atomic E-state index is -0.180. The highest BCUT2D eigenvalue weighted by Gasteiger charge is 2.28. The van der Waals surface area contributed by atoms with Crippen molar-refractivity contribution in [2.24, 2.45) is 0 Å². The fourth-order valence-corrected chi connectivity index (χ4v) is 2.27. The van der Waals surface area contributed by atoms with Gasteiger partial charge in [0.15, 0.2) is 0 Å². The van der Waals surface area contributed by atoms with E-state index in [0.717, 1.165) is 31.6 Å². The molecule has 0 spiro atoms. The maximum Gasteiger partial charge on any atom is 0.123 e. The van der Waals surface area contributed by atoms with Gasteiger partial charge in [-0.15, -0.1) is 0 Å². The maximum absolute atomic E-state index is 12.7. The maximum atomic E-state index is 12.7. The summed E-state index contributed by atoms with van der Waals surface area (Å²) in [6.45, 7) is 5.85. The molecule has 1 aliphatic rings. The van der Waals surface area contributed by atoms with E-state index < -0.39 is 0 Å². The molecule has 0 amide bonds. The second-order valence-electron chi connectivity index (χ2n) is 5.31. The van der Waals surface area contributed by atoms with Crippen LogP contribution in [0.3, 0.4) is 0 Å². The molecule has 3 heteroatoms. The fourth-order valence-electron chi connectivity index (χ4n) is 2.27. The van der Waals surface area contributed by atoms with E-state index in [1.165, 1.54) is 12.1 Å². The lowest BCUT2D eigenvalue weighted by Crippen LogP contribution is -2.43. The third kappa shape index (κ3) is 3.79. The third-order valence-electron chi connectivity index (χ3n) is 3.21.